The molecule has 4 heteroatoms. The van der Waals surface area contributed by atoms with Crippen LogP contribution in [-0.2, 0) is 4.79 Å². The maximum Gasteiger partial charge on any atom is 0.241 e. The van der Waals surface area contributed by atoms with Gasteiger partial charge in [-0.3, -0.25) is 4.79 Å². The topological polar surface area (TPSA) is 58.4 Å². The van der Waals surface area contributed by atoms with E-state index in [1.54, 1.807) is 0 Å². The van der Waals surface area contributed by atoms with E-state index >= 15 is 0 Å². The van der Waals surface area contributed by atoms with E-state index in [1.165, 1.54) is 0 Å². The third-order valence-electron chi connectivity index (χ3n) is 3.43. The Labute approximate surface area is 122 Å². The molecule has 20 heavy (non-hydrogen) atoms. The second-order valence-electron chi connectivity index (χ2n) is 5.88. The molecule has 0 aliphatic heterocycles. The number of benzene rings is 1. The van der Waals surface area contributed by atoms with Gasteiger partial charge in [-0.05, 0) is 32.0 Å². The van der Waals surface area contributed by atoms with Gasteiger partial charge in [-0.25, -0.2) is 0 Å². The molecule has 3 N–H and O–H groups in total. The summed E-state index contributed by atoms with van der Waals surface area (Å²) in [4.78, 5) is 14.2. The Bertz CT molecular complexity index is 403. The molecule has 0 bridgehead atoms. The zero-order valence-electron chi connectivity index (χ0n) is 13.0. The number of nitrogens with two attached hydrogens (primary N) is 1. The molecule has 0 aliphatic carbocycles. The predicted octanol–water partition coefficient (Wildman–Crippen LogP) is 1.78. The van der Waals surface area contributed by atoms with Gasteiger partial charge in [0.25, 0.3) is 0 Å². The number of rotatable bonds is 7. The lowest BCUT2D eigenvalue weighted by atomic mass is 10.0. The van der Waals surface area contributed by atoms with Gasteiger partial charge >= 0.3 is 0 Å². The van der Waals surface area contributed by atoms with Gasteiger partial charge < -0.3 is 16.0 Å². The number of nitrogens with zero attached hydrogens (tertiary/aromatic N) is 1. The first-order valence-electron chi connectivity index (χ1n) is 7.16. The van der Waals surface area contributed by atoms with Gasteiger partial charge in [-0.1, -0.05) is 44.2 Å². The van der Waals surface area contributed by atoms with Crippen molar-refractivity contribution in [2.45, 2.75) is 32.4 Å². The van der Waals surface area contributed by atoms with Crippen LogP contribution in [0.15, 0.2) is 30.3 Å². The molecular formula is C16H27N3O. The van der Waals surface area contributed by atoms with Crippen LogP contribution >= 0.6 is 0 Å². The molecule has 0 radical (unpaired) electrons. The second-order valence-corrected chi connectivity index (χ2v) is 5.88. The molecule has 0 heterocycles. The molecule has 1 aromatic carbocycles. The highest BCUT2D eigenvalue weighted by Crippen LogP contribution is 2.11. The van der Waals surface area contributed by atoms with Crippen molar-refractivity contribution in [3.63, 3.8) is 0 Å². The highest BCUT2D eigenvalue weighted by Gasteiger charge is 2.18. The van der Waals surface area contributed by atoms with Crippen molar-refractivity contribution in [3.05, 3.63) is 35.9 Å². The van der Waals surface area contributed by atoms with Gasteiger partial charge in [0.15, 0.2) is 0 Å². The summed E-state index contributed by atoms with van der Waals surface area (Å²) in [6.45, 7) is 5.01. The summed E-state index contributed by atoms with van der Waals surface area (Å²) in [6.07, 6.45) is 1.05. The molecule has 0 spiro atoms. The lowest BCUT2D eigenvalue weighted by Crippen LogP contribution is -2.43. The Hall–Kier alpha value is -1.39. The Balaban J connectivity index is 2.53. The van der Waals surface area contributed by atoms with E-state index in [4.69, 9.17) is 5.73 Å². The minimum atomic E-state index is -0.599. The van der Waals surface area contributed by atoms with Crippen molar-refractivity contribution in [1.29, 1.82) is 0 Å². The Kier molecular flexibility index (Phi) is 6.68. The number of hydrogen-bond acceptors (Lipinski definition) is 3. The van der Waals surface area contributed by atoms with Crippen LogP contribution in [-0.4, -0.2) is 37.5 Å². The maximum atomic E-state index is 12.1. The average Bonchev–Trinajstić information content (AvgIpc) is 2.42. The quantitative estimate of drug-likeness (QED) is 0.798. The summed E-state index contributed by atoms with van der Waals surface area (Å²) in [5.74, 6) is 0.480. The second kappa shape index (κ2) is 8.02. The fourth-order valence-electron chi connectivity index (χ4n) is 2.16. The van der Waals surface area contributed by atoms with E-state index in [2.05, 4.69) is 24.1 Å². The van der Waals surface area contributed by atoms with Gasteiger partial charge in [-0.15, -0.1) is 0 Å². The first-order chi connectivity index (χ1) is 9.41. The van der Waals surface area contributed by atoms with Crippen LogP contribution in [0, 0.1) is 5.92 Å². The Morgan fingerprint density at radius 3 is 2.35 bits per heavy atom. The number of likely N-dealkylation sites (N-methyl/N-ethyl adjacent to an activating group) is 1. The lowest BCUT2D eigenvalue weighted by Gasteiger charge is -2.26. The van der Waals surface area contributed by atoms with E-state index < -0.39 is 6.04 Å². The van der Waals surface area contributed by atoms with E-state index in [-0.39, 0.29) is 5.91 Å². The van der Waals surface area contributed by atoms with Crippen LogP contribution in [0.5, 0.6) is 0 Å². The normalized spacial score (nSPS) is 14.3. The molecule has 4 nitrogen and oxygen atoms in total. The van der Waals surface area contributed by atoms with Crippen molar-refractivity contribution in [1.82, 2.24) is 10.2 Å². The zero-order chi connectivity index (χ0) is 15.1. The third kappa shape index (κ3) is 5.31. The van der Waals surface area contributed by atoms with Gasteiger partial charge in [0.2, 0.25) is 5.91 Å². The molecule has 112 valence electrons. The summed E-state index contributed by atoms with van der Waals surface area (Å²) >= 11 is 0. The fraction of sp³-hybridized carbons (Fsp3) is 0.562. The molecule has 0 saturated carbocycles. The zero-order valence-corrected chi connectivity index (χ0v) is 13.0. The van der Waals surface area contributed by atoms with Crippen molar-refractivity contribution in [2.24, 2.45) is 11.7 Å². The van der Waals surface area contributed by atoms with Crippen LogP contribution in [0.4, 0.5) is 0 Å². The average molecular weight is 277 g/mol. The van der Waals surface area contributed by atoms with Gasteiger partial charge in [0.1, 0.15) is 6.04 Å². The first-order valence-corrected chi connectivity index (χ1v) is 7.16. The third-order valence-corrected chi connectivity index (χ3v) is 3.43. The molecule has 2 unspecified atom stereocenters. The van der Waals surface area contributed by atoms with E-state index in [1.807, 2.05) is 44.4 Å². The lowest BCUT2D eigenvalue weighted by molar-refractivity contribution is -0.122. The van der Waals surface area contributed by atoms with E-state index in [0.717, 1.165) is 12.0 Å². The standard InChI is InChI=1S/C16H27N3O/c1-12(2)10-14(19(3)4)11-18-16(20)15(17)13-8-6-5-7-9-13/h5-9,12,14-15H,10-11,17H2,1-4H3,(H,18,20). The molecular weight excluding hydrogens is 250 g/mol. The molecule has 1 aromatic rings. The van der Waals surface area contributed by atoms with Crippen LogP contribution in [0.25, 0.3) is 0 Å². The van der Waals surface area contributed by atoms with E-state index in [0.29, 0.717) is 18.5 Å². The minimum absolute atomic E-state index is 0.119. The Morgan fingerprint density at radius 2 is 1.85 bits per heavy atom. The number of carbonyl (C=O) groups is 1. The van der Waals surface area contributed by atoms with Crippen LogP contribution < -0.4 is 11.1 Å². The van der Waals surface area contributed by atoms with Gasteiger partial charge in [0, 0.05) is 12.6 Å². The van der Waals surface area contributed by atoms with Gasteiger partial charge in [-0.2, -0.15) is 0 Å². The summed E-state index contributed by atoms with van der Waals surface area (Å²) in [6, 6.07) is 9.19. The smallest absolute Gasteiger partial charge is 0.241 e. The Morgan fingerprint density at radius 1 is 1.25 bits per heavy atom. The molecule has 0 saturated heterocycles. The predicted molar refractivity (Wildman–Crippen MR) is 83.3 cm³/mol. The minimum Gasteiger partial charge on any atom is -0.353 e. The summed E-state index contributed by atoms with van der Waals surface area (Å²) in [5.41, 5.74) is 6.82. The van der Waals surface area contributed by atoms with Crippen molar-refractivity contribution in [2.75, 3.05) is 20.6 Å². The number of carbonyl (C=O) groups excluding carboxylic acids is 1. The summed E-state index contributed by atoms with van der Waals surface area (Å²) < 4.78 is 0. The fourth-order valence-corrected chi connectivity index (χ4v) is 2.16. The van der Waals surface area contributed by atoms with Gasteiger partial charge in [0.05, 0.1) is 0 Å². The summed E-state index contributed by atoms with van der Waals surface area (Å²) in [7, 11) is 4.08. The highest BCUT2D eigenvalue weighted by molar-refractivity contribution is 5.82. The van der Waals surface area contributed by atoms with Crippen molar-refractivity contribution in [3.8, 4) is 0 Å². The molecule has 2 atom stereocenters. The van der Waals surface area contributed by atoms with Crippen LogP contribution in [0.1, 0.15) is 31.9 Å². The van der Waals surface area contributed by atoms with Crippen LogP contribution in [0.2, 0.25) is 0 Å². The maximum absolute atomic E-state index is 12.1. The molecule has 0 aliphatic rings. The van der Waals surface area contributed by atoms with E-state index in [9.17, 15) is 4.79 Å². The number of nitrogens with one attached hydrogen (secondary N) is 1. The SMILES string of the molecule is CC(C)CC(CNC(=O)C(N)c1ccccc1)N(C)C. The number of hydrogen-bond donors (Lipinski definition) is 2. The molecule has 0 aromatic heterocycles. The highest BCUT2D eigenvalue weighted by atomic mass is 16.2. The van der Waals surface area contributed by atoms with Crippen molar-refractivity contribution < 1.29 is 4.79 Å². The van der Waals surface area contributed by atoms with Crippen molar-refractivity contribution >= 4 is 5.91 Å². The number of amides is 1. The molecule has 1 rings (SSSR count). The monoisotopic (exact) mass is 277 g/mol. The first kappa shape index (κ1) is 16.7. The molecule has 0 fully saturated rings. The largest absolute Gasteiger partial charge is 0.353 e. The summed E-state index contributed by atoms with van der Waals surface area (Å²) in [5, 5.41) is 2.96. The van der Waals surface area contributed by atoms with Crippen LogP contribution in [0.3, 0.4) is 0 Å². The molecule has 1 amide bonds.